The molecule has 12 heteroatoms. The molecule has 0 aromatic carbocycles. The Hall–Kier alpha value is -3.51. The number of aliphatic hydroxyl groups is 2. The van der Waals surface area contributed by atoms with Gasteiger partial charge in [0.05, 0.1) is 23.7 Å². The van der Waals surface area contributed by atoms with Gasteiger partial charge in [-0.3, -0.25) is 14.4 Å². The fourth-order valence-corrected chi connectivity index (χ4v) is 7.47. The zero-order valence-corrected chi connectivity index (χ0v) is 22.8. The van der Waals surface area contributed by atoms with Gasteiger partial charge in [-0.2, -0.15) is 0 Å². The highest BCUT2D eigenvalue weighted by molar-refractivity contribution is 6.14. The van der Waals surface area contributed by atoms with Crippen molar-refractivity contribution in [3.05, 3.63) is 34.3 Å². The Bertz CT molecular complexity index is 1310. The molecule has 5 aliphatic rings. The van der Waals surface area contributed by atoms with Crippen molar-refractivity contribution in [1.82, 2.24) is 4.90 Å². The van der Waals surface area contributed by atoms with Gasteiger partial charge in [0.2, 0.25) is 5.78 Å². The van der Waals surface area contributed by atoms with Gasteiger partial charge in [-0.25, -0.2) is 9.59 Å². The Morgan fingerprint density at radius 1 is 1.23 bits per heavy atom. The molecule has 0 bridgehead atoms. The number of aliphatic carboxylic acids is 1. The standard InChI is InChI=1S/C28H33NO11/c1-12(30)39-17-8-27(2)15(5-6-18(27)32)20-22(17)28(3)19(11-38-4)40-26(37)14(21(28)24(34)23(20)33)10-29-9-13(31)7-16(29)25(35)36/h10,13,15-17,19,31,34H,5-9,11H2,1-4H3,(H,35,36)/b14-10-/t13-,15+,16+,17-,19-,27+,28+/m1/s1. The summed E-state index contributed by atoms with van der Waals surface area (Å²) in [4.78, 5) is 65.8. The molecule has 3 aliphatic carbocycles. The molecule has 3 N–H and O–H groups in total. The third-order valence-corrected chi connectivity index (χ3v) is 9.32. The van der Waals surface area contributed by atoms with E-state index in [1.807, 2.05) is 0 Å². The minimum absolute atomic E-state index is 0.0650. The molecule has 5 rings (SSSR count). The lowest BCUT2D eigenvalue weighted by molar-refractivity contribution is -0.160. The van der Waals surface area contributed by atoms with Gasteiger partial charge in [0, 0.05) is 68.5 Å². The summed E-state index contributed by atoms with van der Waals surface area (Å²) >= 11 is 0. The number of ketones is 2. The second kappa shape index (κ2) is 9.55. The second-order valence-corrected chi connectivity index (χ2v) is 11.6. The van der Waals surface area contributed by atoms with E-state index >= 15 is 0 Å². The molecule has 0 aromatic rings. The number of cyclic esters (lactones) is 1. The molecule has 0 aromatic heterocycles. The number of ether oxygens (including phenoxy) is 3. The highest BCUT2D eigenvalue weighted by atomic mass is 16.6. The van der Waals surface area contributed by atoms with Crippen molar-refractivity contribution >= 4 is 29.5 Å². The van der Waals surface area contributed by atoms with Gasteiger partial charge >= 0.3 is 17.9 Å². The van der Waals surface area contributed by atoms with Crippen molar-refractivity contribution in [2.24, 2.45) is 16.7 Å². The molecule has 0 unspecified atom stereocenters. The number of methoxy groups -OCH3 is 1. The van der Waals surface area contributed by atoms with Crippen LogP contribution in [0.4, 0.5) is 0 Å². The molecular weight excluding hydrogens is 526 g/mol. The van der Waals surface area contributed by atoms with Crippen molar-refractivity contribution in [1.29, 1.82) is 0 Å². The van der Waals surface area contributed by atoms with Gasteiger partial charge in [0.15, 0.2) is 5.76 Å². The maximum absolute atomic E-state index is 14.0. The zero-order chi connectivity index (χ0) is 29.3. The number of carboxylic acid groups (broad SMARTS) is 1. The van der Waals surface area contributed by atoms with E-state index in [-0.39, 0.29) is 54.9 Å². The lowest BCUT2D eigenvalue weighted by Crippen LogP contribution is -2.57. The fraction of sp³-hybridized carbons (Fsp3) is 0.607. The van der Waals surface area contributed by atoms with Gasteiger partial charge in [-0.05, 0) is 18.9 Å². The van der Waals surface area contributed by atoms with E-state index in [2.05, 4.69) is 0 Å². The minimum Gasteiger partial charge on any atom is -0.504 e. The molecule has 2 heterocycles. The molecule has 0 radical (unpaired) electrons. The van der Waals surface area contributed by atoms with Crippen molar-refractivity contribution in [3.63, 3.8) is 0 Å². The summed E-state index contributed by atoms with van der Waals surface area (Å²) in [7, 11) is 1.40. The normalized spacial score (nSPS) is 38.3. The molecule has 7 atom stereocenters. The van der Waals surface area contributed by atoms with Gasteiger partial charge in [-0.1, -0.05) is 6.92 Å². The lowest BCUT2D eigenvalue weighted by atomic mass is 9.53. The molecule has 1 saturated carbocycles. The molecule has 2 aliphatic heterocycles. The van der Waals surface area contributed by atoms with Gasteiger partial charge in [0.1, 0.15) is 24.0 Å². The summed E-state index contributed by atoms with van der Waals surface area (Å²) in [5.41, 5.74) is -2.26. The number of rotatable bonds is 5. The maximum atomic E-state index is 14.0. The number of fused-ring (bicyclic) bond motifs is 4. The zero-order valence-electron chi connectivity index (χ0n) is 22.8. The summed E-state index contributed by atoms with van der Waals surface area (Å²) in [5.74, 6) is -4.88. The molecular formula is C28H33NO11. The maximum Gasteiger partial charge on any atom is 0.340 e. The number of carbonyl (C=O) groups excluding carboxylic acids is 4. The first kappa shape index (κ1) is 28.0. The number of Topliss-reactive ketones (excluding diaryl/α,β-unsaturated/α-hetero) is 2. The van der Waals surface area contributed by atoms with Crippen LogP contribution < -0.4 is 0 Å². The number of β-amino-alcohol motifs (C(OH)–C–C–N with tert-alkyl or cyclic N) is 1. The average molecular weight is 560 g/mol. The predicted molar refractivity (Wildman–Crippen MR) is 134 cm³/mol. The lowest BCUT2D eigenvalue weighted by Gasteiger charge is -2.53. The molecule has 12 nitrogen and oxygen atoms in total. The van der Waals surface area contributed by atoms with Crippen LogP contribution in [0.25, 0.3) is 0 Å². The Labute approximate surface area is 230 Å². The highest BCUT2D eigenvalue weighted by Gasteiger charge is 2.64. The topological polar surface area (TPSA) is 177 Å². The molecule has 0 amide bonds. The molecule has 40 heavy (non-hydrogen) atoms. The number of carboxylic acids is 1. The molecule has 2 saturated heterocycles. The third-order valence-electron chi connectivity index (χ3n) is 9.32. The monoisotopic (exact) mass is 559 g/mol. The van der Waals surface area contributed by atoms with Crippen LogP contribution in [0.1, 0.15) is 46.5 Å². The van der Waals surface area contributed by atoms with Gasteiger partial charge in [-0.15, -0.1) is 0 Å². The van der Waals surface area contributed by atoms with Crippen molar-refractivity contribution in [3.8, 4) is 0 Å². The number of likely N-dealkylation sites (tertiary alicyclic amines) is 1. The van der Waals surface area contributed by atoms with Crippen LogP contribution in [-0.4, -0.2) is 94.3 Å². The summed E-state index contributed by atoms with van der Waals surface area (Å²) < 4.78 is 16.9. The Morgan fingerprint density at radius 3 is 2.55 bits per heavy atom. The number of esters is 2. The average Bonchev–Trinajstić information content (AvgIpc) is 3.38. The first-order chi connectivity index (χ1) is 18.7. The SMILES string of the molecule is COC[C@H]1OC(=O)/C(=C\N2C[C@H](O)C[C@H]2C(=O)O)C2=C(O)C(=O)C3=C([C@H](OC(C)=O)C[C@]4(C)C(=O)CC[C@@H]34)[C@]21C. The molecule has 3 fully saturated rings. The summed E-state index contributed by atoms with van der Waals surface area (Å²) in [6.07, 6.45) is -1.24. The van der Waals surface area contributed by atoms with Crippen LogP contribution >= 0.6 is 0 Å². The largest absolute Gasteiger partial charge is 0.504 e. The first-order valence-corrected chi connectivity index (χ1v) is 13.3. The third kappa shape index (κ3) is 3.91. The number of hydrogen-bond donors (Lipinski definition) is 3. The summed E-state index contributed by atoms with van der Waals surface area (Å²) in [5, 5.41) is 31.3. The highest BCUT2D eigenvalue weighted by Crippen LogP contribution is 2.62. The summed E-state index contributed by atoms with van der Waals surface area (Å²) in [6, 6.07) is -1.15. The Balaban J connectivity index is 1.75. The quantitative estimate of drug-likeness (QED) is 0.322. The smallest absolute Gasteiger partial charge is 0.340 e. The number of nitrogens with zero attached hydrogens (tertiary/aromatic N) is 1. The number of aliphatic hydroxyl groups excluding tert-OH is 2. The molecule has 0 spiro atoms. The molecule has 216 valence electrons. The van der Waals surface area contributed by atoms with E-state index < -0.39 is 70.6 Å². The minimum atomic E-state index is -1.44. The van der Waals surface area contributed by atoms with Crippen molar-refractivity contribution in [2.75, 3.05) is 20.3 Å². The van der Waals surface area contributed by atoms with Crippen LogP contribution in [0.2, 0.25) is 0 Å². The van der Waals surface area contributed by atoms with Crippen LogP contribution in [0.3, 0.4) is 0 Å². The van der Waals surface area contributed by atoms with E-state index in [1.54, 1.807) is 13.8 Å². The fourth-order valence-electron chi connectivity index (χ4n) is 7.47. The van der Waals surface area contributed by atoms with Crippen LogP contribution in [0.5, 0.6) is 0 Å². The summed E-state index contributed by atoms with van der Waals surface area (Å²) in [6.45, 7) is 4.39. The van der Waals surface area contributed by atoms with Gasteiger partial charge in [0.25, 0.3) is 0 Å². The number of allylic oxidation sites excluding steroid dienone is 1. The Kier molecular flexibility index (Phi) is 6.69. The van der Waals surface area contributed by atoms with E-state index in [0.29, 0.717) is 12.0 Å². The van der Waals surface area contributed by atoms with Gasteiger partial charge < -0.3 is 34.4 Å². The van der Waals surface area contributed by atoms with Crippen LogP contribution in [-0.2, 0) is 38.2 Å². The van der Waals surface area contributed by atoms with E-state index in [1.165, 1.54) is 25.1 Å². The van der Waals surface area contributed by atoms with Crippen LogP contribution in [0, 0.1) is 16.7 Å². The number of carbonyl (C=O) groups is 5. The van der Waals surface area contributed by atoms with Crippen molar-refractivity contribution < 1.29 is 53.5 Å². The number of hydrogen-bond acceptors (Lipinski definition) is 11. The van der Waals surface area contributed by atoms with E-state index in [0.717, 1.165) is 0 Å². The predicted octanol–water partition coefficient (Wildman–Crippen LogP) is 0.980. The van der Waals surface area contributed by atoms with E-state index in [9.17, 15) is 39.3 Å². The Morgan fingerprint density at radius 2 is 1.93 bits per heavy atom. The van der Waals surface area contributed by atoms with Crippen molar-refractivity contribution in [2.45, 2.75) is 70.8 Å². The second-order valence-electron chi connectivity index (χ2n) is 11.6. The first-order valence-electron chi connectivity index (χ1n) is 13.3. The van der Waals surface area contributed by atoms with E-state index in [4.69, 9.17) is 14.2 Å². The van der Waals surface area contributed by atoms with Crippen LogP contribution in [0.15, 0.2) is 34.3 Å².